The molecule has 0 amide bonds. The average Bonchev–Trinajstić information content (AvgIpc) is 3.14. The predicted octanol–water partition coefficient (Wildman–Crippen LogP) is 7.47. The van der Waals surface area contributed by atoms with Gasteiger partial charge in [0.05, 0.1) is 12.7 Å². The van der Waals surface area contributed by atoms with Gasteiger partial charge in [-0.05, 0) is 87.1 Å². The Morgan fingerprint density at radius 2 is 1.70 bits per heavy atom. The van der Waals surface area contributed by atoms with Gasteiger partial charge in [0.2, 0.25) is 0 Å². The number of benzene rings is 2. The number of carbonyl (C=O) groups excluding carboxylic acids is 1. The Morgan fingerprint density at radius 3 is 2.38 bits per heavy atom. The number of nitrogens with zero attached hydrogens (tertiary/aromatic N) is 2. The van der Waals surface area contributed by atoms with E-state index in [9.17, 15) is 4.79 Å². The van der Waals surface area contributed by atoms with Crippen molar-refractivity contribution in [2.24, 2.45) is 5.41 Å². The Hall–Kier alpha value is -3.80. The molecule has 6 heteroatoms. The number of rotatable bonds is 7. The third kappa shape index (κ3) is 5.96. The number of ether oxygens (including phenoxy) is 2. The number of carbonyl (C=O) groups is 1. The fourth-order valence-corrected chi connectivity index (χ4v) is 5.01. The lowest BCUT2D eigenvalue weighted by Gasteiger charge is -2.34. The molecule has 0 aliphatic carbocycles. The van der Waals surface area contributed by atoms with E-state index < -0.39 is 5.97 Å². The SMILES string of the molecule is COc1cc(-c2nc3cc(C)ccn3c2NC(C)(C)CC(C)(C)C)ccc1OC(=O)c1ccccc1C. The minimum atomic E-state index is -0.418. The first-order valence-electron chi connectivity index (χ1n) is 12.6. The van der Waals surface area contributed by atoms with E-state index in [0.717, 1.165) is 40.3 Å². The smallest absolute Gasteiger partial charge is 0.343 e. The number of methoxy groups -OCH3 is 1. The number of fused-ring (bicyclic) bond motifs is 1. The molecule has 37 heavy (non-hydrogen) atoms. The third-order valence-corrected chi connectivity index (χ3v) is 6.22. The van der Waals surface area contributed by atoms with Gasteiger partial charge in [-0.3, -0.25) is 4.40 Å². The molecule has 2 aromatic carbocycles. The lowest BCUT2D eigenvalue weighted by atomic mass is 9.82. The summed E-state index contributed by atoms with van der Waals surface area (Å²) in [6.45, 7) is 15.1. The van der Waals surface area contributed by atoms with Gasteiger partial charge in [-0.1, -0.05) is 39.0 Å². The number of imidazole rings is 1. The Bertz CT molecular complexity index is 1440. The zero-order valence-electron chi connectivity index (χ0n) is 23.1. The minimum absolute atomic E-state index is 0.152. The maximum absolute atomic E-state index is 12.8. The molecule has 1 N–H and O–H groups in total. The minimum Gasteiger partial charge on any atom is -0.493 e. The molecule has 0 aliphatic heterocycles. The molecule has 0 saturated carbocycles. The van der Waals surface area contributed by atoms with Crippen LogP contribution < -0.4 is 14.8 Å². The summed E-state index contributed by atoms with van der Waals surface area (Å²) in [6, 6.07) is 17.1. The van der Waals surface area contributed by atoms with Gasteiger partial charge in [-0.25, -0.2) is 9.78 Å². The van der Waals surface area contributed by atoms with E-state index in [0.29, 0.717) is 17.1 Å². The van der Waals surface area contributed by atoms with E-state index in [4.69, 9.17) is 14.5 Å². The van der Waals surface area contributed by atoms with Crippen molar-refractivity contribution in [2.75, 3.05) is 12.4 Å². The van der Waals surface area contributed by atoms with Crippen LogP contribution >= 0.6 is 0 Å². The van der Waals surface area contributed by atoms with Crippen LogP contribution in [0.3, 0.4) is 0 Å². The van der Waals surface area contributed by atoms with Gasteiger partial charge in [-0.2, -0.15) is 0 Å². The molecule has 4 rings (SSSR count). The van der Waals surface area contributed by atoms with Gasteiger partial charge in [0, 0.05) is 17.3 Å². The van der Waals surface area contributed by atoms with E-state index in [-0.39, 0.29) is 11.0 Å². The summed E-state index contributed by atoms with van der Waals surface area (Å²) in [5, 5.41) is 3.77. The molecule has 2 heterocycles. The summed E-state index contributed by atoms with van der Waals surface area (Å²) in [4.78, 5) is 17.8. The number of nitrogens with one attached hydrogen (secondary N) is 1. The highest BCUT2D eigenvalue weighted by molar-refractivity contribution is 5.93. The number of anilines is 1. The van der Waals surface area contributed by atoms with Crippen molar-refractivity contribution in [3.05, 3.63) is 77.5 Å². The van der Waals surface area contributed by atoms with Crippen molar-refractivity contribution >= 4 is 17.4 Å². The number of pyridine rings is 1. The first kappa shape index (κ1) is 26.3. The van der Waals surface area contributed by atoms with Crippen molar-refractivity contribution in [3.8, 4) is 22.8 Å². The number of aryl methyl sites for hydroxylation is 2. The average molecular weight is 500 g/mol. The Labute approximate surface area is 219 Å². The zero-order chi connectivity index (χ0) is 27.0. The van der Waals surface area contributed by atoms with Crippen LogP contribution in [0.25, 0.3) is 16.9 Å². The highest BCUT2D eigenvalue weighted by Gasteiger charge is 2.28. The van der Waals surface area contributed by atoms with E-state index in [1.165, 1.54) is 0 Å². The van der Waals surface area contributed by atoms with Crippen LogP contribution in [0.4, 0.5) is 5.82 Å². The molecule has 194 valence electrons. The summed E-state index contributed by atoms with van der Waals surface area (Å²) < 4.78 is 13.5. The van der Waals surface area contributed by atoms with Crippen molar-refractivity contribution in [3.63, 3.8) is 0 Å². The normalized spacial score (nSPS) is 12.0. The number of hydrogen-bond acceptors (Lipinski definition) is 5. The molecule has 0 spiro atoms. The van der Waals surface area contributed by atoms with Gasteiger partial charge >= 0.3 is 5.97 Å². The van der Waals surface area contributed by atoms with Crippen LogP contribution in [-0.2, 0) is 0 Å². The molecular weight excluding hydrogens is 462 g/mol. The maximum Gasteiger partial charge on any atom is 0.343 e. The Morgan fingerprint density at radius 1 is 0.973 bits per heavy atom. The monoisotopic (exact) mass is 499 g/mol. The number of aromatic nitrogens is 2. The summed E-state index contributed by atoms with van der Waals surface area (Å²) in [7, 11) is 1.57. The second-order valence-corrected chi connectivity index (χ2v) is 11.6. The van der Waals surface area contributed by atoms with Gasteiger partial charge in [-0.15, -0.1) is 0 Å². The molecular formula is C31H37N3O3. The van der Waals surface area contributed by atoms with E-state index in [1.807, 2.05) is 43.5 Å². The Kier molecular flexibility index (Phi) is 7.05. The topological polar surface area (TPSA) is 64.9 Å². The zero-order valence-corrected chi connectivity index (χ0v) is 23.1. The van der Waals surface area contributed by atoms with Crippen LogP contribution in [0.2, 0.25) is 0 Å². The van der Waals surface area contributed by atoms with Crippen LogP contribution in [0.1, 0.15) is 62.5 Å². The van der Waals surface area contributed by atoms with Crippen molar-refractivity contribution in [2.45, 2.75) is 60.4 Å². The summed E-state index contributed by atoms with van der Waals surface area (Å²) in [6.07, 6.45) is 3.02. The van der Waals surface area contributed by atoms with Gasteiger partial charge in [0.1, 0.15) is 17.2 Å². The summed E-state index contributed by atoms with van der Waals surface area (Å²) >= 11 is 0. The molecule has 2 aromatic heterocycles. The van der Waals surface area contributed by atoms with E-state index >= 15 is 0 Å². The molecule has 0 bridgehead atoms. The second kappa shape index (κ2) is 9.92. The molecule has 0 radical (unpaired) electrons. The molecule has 0 atom stereocenters. The van der Waals surface area contributed by atoms with Crippen LogP contribution in [0, 0.1) is 19.3 Å². The van der Waals surface area contributed by atoms with Crippen LogP contribution in [0.5, 0.6) is 11.5 Å². The van der Waals surface area contributed by atoms with Gasteiger partial charge in [0.15, 0.2) is 11.5 Å². The van der Waals surface area contributed by atoms with Gasteiger partial charge < -0.3 is 14.8 Å². The molecule has 6 nitrogen and oxygen atoms in total. The van der Waals surface area contributed by atoms with E-state index in [2.05, 4.69) is 63.4 Å². The number of hydrogen-bond donors (Lipinski definition) is 1. The second-order valence-electron chi connectivity index (χ2n) is 11.6. The van der Waals surface area contributed by atoms with Crippen molar-refractivity contribution < 1.29 is 14.3 Å². The molecule has 4 aromatic rings. The highest BCUT2D eigenvalue weighted by Crippen LogP contribution is 2.38. The van der Waals surface area contributed by atoms with Crippen LogP contribution in [-0.4, -0.2) is 28.0 Å². The van der Waals surface area contributed by atoms with Crippen molar-refractivity contribution in [1.29, 1.82) is 0 Å². The quantitative estimate of drug-likeness (QED) is 0.211. The molecule has 0 saturated heterocycles. The first-order chi connectivity index (χ1) is 17.4. The largest absolute Gasteiger partial charge is 0.493 e. The molecule has 0 aliphatic rings. The van der Waals surface area contributed by atoms with Gasteiger partial charge in [0.25, 0.3) is 0 Å². The molecule has 0 fully saturated rings. The summed E-state index contributed by atoms with van der Waals surface area (Å²) in [5.74, 6) is 1.32. The Balaban J connectivity index is 1.75. The highest BCUT2D eigenvalue weighted by atomic mass is 16.6. The maximum atomic E-state index is 12.8. The van der Waals surface area contributed by atoms with E-state index in [1.54, 1.807) is 19.2 Å². The standard InChI is InChI=1S/C31H37N3O3/c1-20-15-16-34-26(17-20)32-27(28(34)33-31(6,7)19-30(3,4)5)22-13-14-24(25(18-22)36-8)37-29(35)23-12-10-9-11-21(23)2/h9-18,33H,19H2,1-8H3. The fourth-order valence-electron chi connectivity index (χ4n) is 5.01. The molecule has 0 unspecified atom stereocenters. The van der Waals surface area contributed by atoms with Crippen molar-refractivity contribution in [1.82, 2.24) is 9.38 Å². The first-order valence-corrected chi connectivity index (χ1v) is 12.6. The fraction of sp³-hybridized carbons (Fsp3) is 0.355. The number of esters is 1. The lowest BCUT2D eigenvalue weighted by molar-refractivity contribution is 0.0729. The summed E-state index contributed by atoms with van der Waals surface area (Å²) in [5.41, 5.74) is 5.03. The third-order valence-electron chi connectivity index (χ3n) is 6.22. The predicted molar refractivity (Wildman–Crippen MR) is 150 cm³/mol. The van der Waals surface area contributed by atoms with Crippen LogP contribution in [0.15, 0.2) is 60.8 Å². The lowest BCUT2D eigenvalue weighted by Crippen LogP contribution is -2.36.